The Hall–Kier alpha value is -4.50. The predicted octanol–water partition coefficient (Wildman–Crippen LogP) is 5.28. The molecule has 2 N–H and O–H groups in total. The van der Waals surface area contributed by atoms with Crippen LogP contribution in [0, 0.1) is 0 Å². The van der Waals surface area contributed by atoms with Gasteiger partial charge in [0.25, 0.3) is 0 Å². The molecule has 6 rings (SSSR count). The van der Waals surface area contributed by atoms with E-state index in [0.717, 1.165) is 58.5 Å². The van der Waals surface area contributed by atoms with Crippen molar-refractivity contribution in [3.05, 3.63) is 106 Å². The Balaban J connectivity index is 1.42. The molecule has 0 atom stereocenters. The van der Waals surface area contributed by atoms with Crippen LogP contribution < -0.4 is 0 Å². The maximum Gasteiger partial charge on any atom is 0.337 e. The number of nitrogens with one attached hydrogen (secondary N) is 2. The molecule has 0 unspecified atom stereocenters. The zero-order chi connectivity index (χ0) is 27.5. The number of para-hydroxylation sites is 2. The molecule has 0 radical (unpaired) electrons. The Kier molecular flexibility index (Phi) is 7.29. The molecule has 202 valence electrons. The maximum absolute atomic E-state index is 12.5. The van der Waals surface area contributed by atoms with Crippen molar-refractivity contribution in [2.45, 2.75) is 38.6 Å². The molecule has 0 fully saturated rings. The van der Waals surface area contributed by atoms with Crippen LogP contribution in [-0.2, 0) is 43.4 Å². The number of esters is 1. The Morgan fingerprint density at radius 1 is 0.975 bits per heavy atom. The highest BCUT2D eigenvalue weighted by Gasteiger charge is 2.20. The smallest absolute Gasteiger partial charge is 0.337 e. The van der Waals surface area contributed by atoms with Crippen LogP contribution in [0.25, 0.3) is 21.9 Å². The summed E-state index contributed by atoms with van der Waals surface area (Å²) in [6, 6.07) is 21.8. The SMILES string of the molecule is COC(=O)c1ccc2c(c1)c(CCc1ccc(Cl)cc1)c(CCc1nc3ccccc3[nH]1)n2CCc1nn[nH]n1. The number of aromatic nitrogens is 7. The Morgan fingerprint density at radius 2 is 1.82 bits per heavy atom. The van der Waals surface area contributed by atoms with Gasteiger partial charge in [-0.3, -0.25) is 0 Å². The van der Waals surface area contributed by atoms with Crippen LogP contribution in [0.1, 0.15) is 38.8 Å². The summed E-state index contributed by atoms with van der Waals surface area (Å²) in [5.41, 5.74) is 7.18. The van der Waals surface area contributed by atoms with Gasteiger partial charge in [-0.1, -0.05) is 41.1 Å². The number of aromatic amines is 2. The first-order valence-electron chi connectivity index (χ1n) is 13.2. The number of tetrazole rings is 1. The third-order valence-corrected chi connectivity index (χ3v) is 7.52. The van der Waals surface area contributed by atoms with E-state index in [0.29, 0.717) is 24.4 Å². The average molecular weight is 554 g/mol. The second-order valence-corrected chi connectivity index (χ2v) is 10.1. The fraction of sp³-hybridized carbons (Fsp3) is 0.233. The van der Waals surface area contributed by atoms with Crippen molar-refractivity contribution in [2.75, 3.05) is 7.11 Å². The Bertz CT molecular complexity index is 1740. The van der Waals surface area contributed by atoms with Crippen LogP contribution in [0.15, 0.2) is 66.7 Å². The lowest BCUT2D eigenvalue weighted by atomic mass is 9.99. The van der Waals surface area contributed by atoms with E-state index in [-0.39, 0.29) is 5.97 Å². The van der Waals surface area contributed by atoms with Crippen LogP contribution in [-0.4, -0.2) is 48.2 Å². The van der Waals surface area contributed by atoms with Crippen molar-refractivity contribution in [3.63, 3.8) is 0 Å². The van der Waals surface area contributed by atoms with Crippen LogP contribution in [0.3, 0.4) is 0 Å². The summed E-state index contributed by atoms with van der Waals surface area (Å²) in [4.78, 5) is 20.7. The summed E-state index contributed by atoms with van der Waals surface area (Å²) >= 11 is 6.13. The summed E-state index contributed by atoms with van der Waals surface area (Å²) in [7, 11) is 1.41. The van der Waals surface area contributed by atoms with Gasteiger partial charge in [0.1, 0.15) is 5.82 Å². The molecule has 0 aliphatic carbocycles. The van der Waals surface area contributed by atoms with Crippen molar-refractivity contribution in [1.29, 1.82) is 0 Å². The van der Waals surface area contributed by atoms with Gasteiger partial charge in [0.05, 0.1) is 23.7 Å². The van der Waals surface area contributed by atoms with Crippen molar-refractivity contribution in [1.82, 2.24) is 35.2 Å². The molecule has 40 heavy (non-hydrogen) atoms. The third kappa shape index (κ3) is 5.33. The number of carbonyl (C=O) groups is 1. The minimum absolute atomic E-state index is 0.353. The number of halogens is 1. The predicted molar refractivity (Wildman–Crippen MR) is 154 cm³/mol. The van der Waals surface area contributed by atoms with Gasteiger partial charge >= 0.3 is 5.97 Å². The molecule has 6 aromatic rings. The molecule has 0 aliphatic heterocycles. The molecule has 0 spiro atoms. The number of rotatable bonds is 10. The standard InChI is InChI=1S/C30H28ClN7O2/c1-40-30(39)20-9-13-27-23(18-20)22(12-8-19-6-10-21(31)11-7-19)26(38(27)17-16-29-34-36-37-35-29)14-15-28-32-24-4-2-3-5-25(24)33-28/h2-7,9-11,13,18H,8,12,14-17H2,1H3,(H,32,33)(H,34,35,36,37). The van der Waals surface area contributed by atoms with Gasteiger partial charge in [0.15, 0.2) is 5.82 Å². The zero-order valence-electron chi connectivity index (χ0n) is 22.0. The van der Waals surface area contributed by atoms with Gasteiger partial charge in [0.2, 0.25) is 0 Å². The highest BCUT2D eigenvalue weighted by Crippen LogP contribution is 2.31. The van der Waals surface area contributed by atoms with E-state index in [9.17, 15) is 4.79 Å². The van der Waals surface area contributed by atoms with Crippen LogP contribution in [0.4, 0.5) is 0 Å². The lowest BCUT2D eigenvalue weighted by Gasteiger charge is -2.12. The van der Waals surface area contributed by atoms with Gasteiger partial charge < -0.3 is 14.3 Å². The van der Waals surface area contributed by atoms with Gasteiger partial charge in [0, 0.05) is 41.0 Å². The van der Waals surface area contributed by atoms with Crippen molar-refractivity contribution in [3.8, 4) is 0 Å². The molecule has 3 aromatic carbocycles. The molecule has 0 saturated carbocycles. The number of hydrogen-bond acceptors (Lipinski definition) is 6. The number of benzene rings is 3. The van der Waals surface area contributed by atoms with E-state index in [1.807, 2.05) is 54.6 Å². The monoisotopic (exact) mass is 553 g/mol. The molecule has 0 aliphatic rings. The molecule has 0 bridgehead atoms. The second kappa shape index (κ2) is 11.3. The number of carbonyl (C=O) groups excluding carboxylic acids is 1. The lowest BCUT2D eigenvalue weighted by molar-refractivity contribution is 0.0601. The number of aryl methyl sites for hydroxylation is 5. The topological polar surface area (TPSA) is 114 Å². The van der Waals surface area contributed by atoms with Crippen LogP contribution in [0.5, 0.6) is 0 Å². The Labute approximate surface area is 235 Å². The zero-order valence-corrected chi connectivity index (χ0v) is 22.8. The lowest BCUT2D eigenvalue weighted by Crippen LogP contribution is -2.10. The first-order valence-corrected chi connectivity index (χ1v) is 13.6. The first-order chi connectivity index (χ1) is 19.6. The average Bonchev–Trinajstić information content (AvgIpc) is 3.71. The number of imidazole rings is 1. The molecular weight excluding hydrogens is 526 g/mol. The largest absolute Gasteiger partial charge is 0.465 e. The molecule has 10 heteroatoms. The van der Waals surface area contributed by atoms with Crippen molar-refractivity contribution >= 4 is 39.5 Å². The molecule has 9 nitrogen and oxygen atoms in total. The summed E-state index contributed by atoms with van der Waals surface area (Å²) in [5.74, 6) is 1.24. The Morgan fingerprint density at radius 3 is 2.60 bits per heavy atom. The van der Waals surface area contributed by atoms with E-state index in [2.05, 4.69) is 42.3 Å². The second-order valence-electron chi connectivity index (χ2n) is 9.71. The normalized spacial score (nSPS) is 11.4. The number of fused-ring (bicyclic) bond motifs is 2. The fourth-order valence-electron chi connectivity index (χ4n) is 5.32. The van der Waals surface area contributed by atoms with Crippen molar-refractivity contribution in [2.24, 2.45) is 0 Å². The fourth-order valence-corrected chi connectivity index (χ4v) is 5.45. The summed E-state index contributed by atoms with van der Waals surface area (Å²) in [6.07, 6.45) is 3.76. The highest BCUT2D eigenvalue weighted by atomic mass is 35.5. The minimum Gasteiger partial charge on any atom is -0.465 e. The van der Waals surface area contributed by atoms with E-state index >= 15 is 0 Å². The summed E-state index contributed by atoms with van der Waals surface area (Å²) in [6.45, 7) is 0.671. The number of H-pyrrole nitrogens is 2. The molecular formula is C30H28ClN7O2. The number of nitrogens with zero attached hydrogens (tertiary/aromatic N) is 5. The van der Waals surface area contributed by atoms with E-state index < -0.39 is 0 Å². The number of ether oxygens (including phenoxy) is 1. The molecule has 0 saturated heterocycles. The van der Waals surface area contributed by atoms with Gasteiger partial charge in [-0.2, -0.15) is 5.21 Å². The maximum atomic E-state index is 12.5. The number of methoxy groups -OCH3 is 1. The highest BCUT2D eigenvalue weighted by molar-refractivity contribution is 6.30. The van der Waals surface area contributed by atoms with E-state index in [4.69, 9.17) is 21.3 Å². The molecule has 3 heterocycles. The van der Waals surface area contributed by atoms with Gasteiger partial charge in [-0.05, 0) is 72.9 Å². The number of hydrogen-bond donors (Lipinski definition) is 2. The van der Waals surface area contributed by atoms with Gasteiger partial charge in [-0.25, -0.2) is 9.78 Å². The van der Waals surface area contributed by atoms with Crippen molar-refractivity contribution < 1.29 is 9.53 Å². The van der Waals surface area contributed by atoms with E-state index in [1.54, 1.807) is 0 Å². The molecule has 3 aromatic heterocycles. The first kappa shape index (κ1) is 25.8. The molecule has 0 amide bonds. The van der Waals surface area contributed by atoms with Crippen LogP contribution in [0.2, 0.25) is 5.02 Å². The quantitative estimate of drug-likeness (QED) is 0.223. The van der Waals surface area contributed by atoms with E-state index in [1.165, 1.54) is 23.9 Å². The summed E-state index contributed by atoms with van der Waals surface area (Å²) < 4.78 is 7.36. The van der Waals surface area contributed by atoms with Gasteiger partial charge in [-0.15, -0.1) is 10.2 Å². The third-order valence-electron chi connectivity index (χ3n) is 7.27. The summed E-state index contributed by atoms with van der Waals surface area (Å²) in [5, 5.41) is 16.3. The minimum atomic E-state index is -0.353. The van der Waals surface area contributed by atoms with Crippen LogP contribution >= 0.6 is 11.6 Å².